The van der Waals surface area contributed by atoms with E-state index < -0.39 is 0 Å². The second-order valence-electron chi connectivity index (χ2n) is 10.0. The smallest absolute Gasteiger partial charge is 0.254 e. The number of carbonyl (C=O) groups is 1. The molecule has 2 aliphatic heterocycles. The Morgan fingerprint density at radius 3 is 2.47 bits per heavy atom. The van der Waals surface area contributed by atoms with Gasteiger partial charge in [-0.1, -0.05) is 18.2 Å². The molecule has 0 bridgehead atoms. The molecule has 0 radical (unpaired) electrons. The lowest BCUT2D eigenvalue weighted by Gasteiger charge is -2.29. The lowest BCUT2D eigenvalue weighted by atomic mass is 10.1. The predicted molar refractivity (Wildman–Crippen MR) is 150 cm³/mol. The second-order valence-corrected chi connectivity index (χ2v) is 10.0. The summed E-state index contributed by atoms with van der Waals surface area (Å²) in [5.74, 6) is 0.825. The molecule has 0 saturated carbocycles. The third-order valence-electron chi connectivity index (χ3n) is 7.25. The number of anilines is 1. The molecule has 200 valence electrons. The molecule has 2 fully saturated rings. The molecule has 0 atom stereocenters. The van der Waals surface area contributed by atoms with E-state index >= 15 is 0 Å². The minimum atomic E-state index is -0.000476. The highest BCUT2D eigenvalue weighted by Crippen LogP contribution is 2.22. The average Bonchev–Trinajstić information content (AvgIpc) is 2.98. The van der Waals surface area contributed by atoms with Gasteiger partial charge in [0.05, 0.1) is 25.5 Å². The van der Waals surface area contributed by atoms with Gasteiger partial charge in [0.15, 0.2) is 0 Å². The molecule has 0 spiro atoms. The van der Waals surface area contributed by atoms with Crippen molar-refractivity contribution in [2.75, 3.05) is 57.4 Å². The summed E-state index contributed by atoms with van der Waals surface area (Å²) < 4.78 is 11.5. The van der Waals surface area contributed by atoms with Crippen molar-refractivity contribution in [3.8, 4) is 5.75 Å². The first-order valence-corrected chi connectivity index (χ1v) is 13.8. The number of pyridine rings is 1. The van der Waals surface area contributed by atoms with Gasteiger partial charge in [0.1, 0.15) is 12.4 Å². The number of carbonyl (C=O) groups excluding carboxylic acids is 1. The normalized spacial score (nSPS) is 16.3. The summed E-state index contributed by atoms with van der Waals surface area (Å²) >= 11 is 0. The van der Waals surface area contributed by atoms with Gasteiger partial charge in [0.25, 0.3) is 5.91 Å². The van der Waals surface area contributed by atoms with Crippen LogP contribution in [0.1, 0.15) is 40.9 Å². The number of piperidine rings is 1. The molecular formula is C31H38N4O3. The zero-order chi connectivity index (χ0) is 26.0. The van der Waals surface area contributed by atoms with E-state index in [0.717, 1.165) is 62.9 Å². The van der Waals surface area contributed by atoms with E-state index in [-0.39, 0.29) is 5.91 Å². The Bertz CT molecular complexity index is 1140. The summed E-state index contributed by atoms with van der Waals surface area (Å²) in [7, 11) is 0. The van der Waals surface area contributed by atoms with Gasteiger partial charge in [0, 0.05) is 56.7 Å². The van der Waals surface area contributed by atoms with Crippen molar-refractivity contribution < 1.29 is 14.3 Å². The Hall–Kier alpha value is -3.42. The van der Waals surface area contributed by atoms with E-state index in [4.69, 9.17) is 9.47 Å². The third kappa shape index (κ3) is 7.33. The van der Waals surface area contributed by atoms with Crippen LogP contribution in [0, 0.1) is 0 Å². The van der Waals surface area contributed by atoms with E-state index in [1.807, 2.05) is 59.5 Å². The van der Waals surface area contributed by atoms with E-state index in [0.29, 0.717) is 25.3 Å². The summed E-state index contributed by atoms with van der Waals surface area (Å²) in [6.45, 7) is 8.08. The number of nitrogens with zero attached hydrogens (tertiary/aromatic N) is 4. The zero-order valence-corrected chi connectivity index (χ0v) is 22.1. The van der Waals surface area contributed by atoms with E-state index in [1.54, 1.807) is 6.20 Å². The molecule has 1 aromatic heterocycles. The lowest BCUT2D eigenvalue weighted by molar-refractivity contribution is 0.0322. The molecule has 1 amide bonds. The fourth-order valence-corrected chi connectivity index (χ4v) is 5.11. The van der Waals surface area contributed by atoms with Crippen LogP contribution in [0.4, 0.5) is 5.69 Å². The van der Waals surface area contributed by atoms with Crippen molar-refractivity contribution in [1.82, 2.24) is 14.8 Å². The van der Waals surface area contributed by atoms with E-state index in [2.05, 4.69) is 26.9 Å². The third-order valence-corrected chi connectivity index (χ3v) is 7.25. The van der Waals surface area contributed by atoms with Crippen molar-refractivity contribution in [2.45, 2.75) is 32.4 Å². The number of benzene rings is 2. The molecule has 0 N–H and O–H groups in total. The monoisotopic (exact) mass is 514 g/mol. The first-order valence-electron chi connectivity index (χ1n) is 13.8. The fraction of sp³-hybridized carbons (Fsp3) is 0.419. The van der Waals surface area contributed by atoms with Crippen LogP contribution in [-0.2, 0) is 17.8 Å². The van der Waals surface area contributed by atoms with Crippen LogP contribution in [0.2, 0.25) is 0 Å². The molecule has 5 rings (SSSR count). The molecular weight excluding hydrogens is 476 g/mol. The zero-order valence-electron chi connectivity index (χ0n) is 22.1. The summed E-state index contributed by atoms with van der Waals surface area (Å²) in [6, 6.07) is 22.0. The van der Waals surface area contributed by atoms with E-state index in [1.165, 1.54) is 24.9 Å². The first-order chi connectivity index (χ1) is 18.7. The van der Waals surface area contributed by atoms with Crippen LogP contribution in [0.5, 0.6) is 5.75 Å². The Balaban J connectivity index is 1.26. The van der Waals surface area contributed by atoms with Gasteiger partial charge in [-0.15, -0.1) is 0 Å². The molecule has 3 heterocycles. The molecule has 0 aliphatic carbocycles. The quantitative estimate of drug-likeness (QED) is 0.393. The van der Waals surface area contributed by atoms with Gasteiger partial charge >= 0.3 is 0 Å². The van der Waals surface area contributed by atoms with Crippen LogP contribution < -0.4 is 9.64 Å². The number of amides is 1. The number of hydrogen-bond donors (Lipinski definition) is 0. The predicted octanol–water partition coefficient (Wildman–Crippen LogP) is 4.63. The lowest BCUT2D eigenvalue weighted by Crippen LogP contribution is -2.38. The number of hydrogen-bond acceptors (Lipinski definition) is 6. The number of ether oxygens (including phenoxy) is 2. The maximum atomic E-state index is 13.7. The van der Waals surface area contributed by atoms with Crippen molar-refractivity contribution in [2.24, 2.45) is 0 Å². The molecule has 7 heteroatoms. The second kappa shape index (κ2) is 13.4. The Morgan fingerprint density at radius 1 is 0.895 bits per heavy atom. The highest BCUT2D eigenvalue weighted by atomic mass is 16.5. The summed E-state index contributed by atoms with van der Waals surface area (Å²) in [5.41, 5.74) is 3.78. The highest BCUT2D eigenvalue weighted by Gasteiger charge is 2.19. The van der Waals surface area contributed by atoms with Gasteiger partial charge in [-0.05, 0) is 73.4 Å². The Labute approximate surface area is 226 Å². The van der Waals surface area contributed by atoms with Crippen LogP contribution in [0.25, 0.3) is 0 Å². The maximum absolute atomic E-state index is 13.7. The topological polar surface area (TPSA) is 58.1 Å². The fourth-order valence-electron chi connectivity index (χ4n) is 5.11. The molecule has 2 saturated heterocycles. The van der Waals surface area contributed by atoms with Gasteiger partial charge in [-0.25, -0.2) is 0 Å². The molecule has 0 unspecified atom stereocenters. The van der Waals surface area contributed by atoms with Gasteiger partial charge < -0.3 is 19.3 Å². The molecule has 2 aromatic carbocycles. The SMILES string of the molecule is O=C(c1ccc(N2CCCCC2)cc1)N(Cc1cccc(OCCN2CCOCC2)c1)Cc1ccccn1. The van der Waals surface area contributed by atoms with Gasteiger partial charge in [0.2, 0.25) is 0 Å². The Kier molecular flexibility index (Phi) is 9.24. The summed E-state index contributed by atoms with van der Waals surface area (Å²) in [4.78, 5) is 24.8. The number of rotatable bonds is 10. The van der Waals surface area contributed by atoms with E-state index in [9.17, 15) is 4.79 Å². The van der Waals surface area contributed by atoms with Crippen LogP contribution >= 0.6 is 0 Å². The van der Waals surface area contributed by atoms with Crippen molar-refractivity contribution in [3.63, 3.8) is 0 Å². The summed E-state index contributed by atoms with van der Waals surface area (Å²) in [6.07, 6.45) is 5.53. The van der Waals surface area contributed by atoms with Crippen molar-refractivity contribution in [3.05, 3.63) is 89.7 Å². The molecule has 3 aromatic rings. The molecule has 7 nitrogen and oxygen atoms in total. The highest BCUT2D eigenvalue weighted by molar-refractivity contribution is 5.94. The maximum Gasteiger partial charge on any atom is 0.254 e. The minimum Gasteiger partial charge on any atom is -0.492 e. The largest absolute Gasteiger partial charge is 0.492 e. The van der Waals surface area contributed by atoms with Crippen LogP contribution in [0.3, 0.4) is 0 Å². The Morgan fingerprint density at radius 2 is 1.71 bits per heavy atom. The van der Waals surface area contributed by atoms with Crippen molar-refractivity contribution in [1.29, 1.82) is 0 Å². The van der Waals surface area contributed by atoms with Gasteiger partial charge in [-0.3, -0.25) is 14.7 Å². The average molecular weight is 515 g/mol. The standard InChI is InChI=1S/C31H38N4O3/c36-31(27-10-12-29(13-11-27)34-15-4-1-5-16-34)35(25-28-8-2-3-14-32-28)24-26-7-6-9-30(23-26)38-22-19-33-17-20-37-21-18-33/h2-3,6-14,23H,1,4-5,15-22,24-25H2. The molecule has 38 heavy (non-hydrogen) atoms. The first kappa shape index (κ1) is 26.2. The van der Waals surface area contributed by atoms with Gasteiger partial charge in [-0.2, -0.15) is 0 Å². The van der Waals surface area contributed by atoms with Crippen LogP contribution in [0.15, 0.2) is 72.9 Å². The van der Waals surface area contributed by atoms with Crippen molar-refractivity contribution >= 4 is 11.6 Å². The number of aromatic nitrogens is 1. The van der Waals surface area contributed by atoms with Crippen LogP contribution in [-0.4, -0.2) is 73.2 Å². The number of morpholine rings is 1. The minimum absolute atomic E-state index is 0.000476. The summed E-state index contributed by atoms with van der Waals surface area (Å²) in [5, 5.41) is 0. The molecule has 2 aliphatic rings.